The molecule has 0 saturated carbocycles. The number of rotatable bonds is 8. The first-order valence-corrected chi connectivity index (χ1v) is 13.2. The van der Waals surface area contributed by atoms with Gasteiger partial charge in [0.25, 0.3) is 0 Å². The van der Waals surface area contributed by atoms with Crippen molar-refractivity contribution in [2.24, 2.45) is 10.4 Å². The van der Waals surface area contributed by atoms with Gasteiger partial charge in [0, 0.05) is 55.9 Å². The Labute approximate surface area is 214 Å². The van der Waals surface area contributed by atoms with Crippen LogP contribution in [0.4, 0.5) is 0 Å². The summed E-state index contributed by atoms with van der Waals surface area (Å²) in [5, 5.41) is 20.5. The van der Waals surface area contributed by atoms with Gasteiger partial charge in [-0.3, -0.25) is 0 Å². The fourth-order valence-corrected chi connectivity index (χ4v) is 6.06. The van der Waals surface area contributed by atoms with Gasteiger partial charge in [0.2, 0.25) is 0 Å². The molecule has 0 radical (unpaired) electrons. The minimum atomic E-state index is -0.661. The number of ether oxygens (including phenoxy) is 2. The number of benzene rings is 1. The first-order chi connectivity index (χ1) is 17.3. The summed E-state index contributed by atoms with van der Waals surface area (Å²) in [6, 6.07) is 8.34. The number of aliphatic hydroxyl groups is 1. The Morgan fingerprint density at radius 3 is 2.89 bits per heavy atom. The molecule has 5 rings (SSSR count). The van der Waals surface area contributed by atoms with E-state index in [1.807, 2.05) is 25.2 Å². The van der Waals surface area contributed by atoms with Crippen LogP contribution >= 0.6 is 0 Å². The van der Waals surface area contributed by atoms with Crippen molar-refractivity contribution in [1.29, 1.82) is 0 Å². The maximum atomic E-state index is 10.1. The van der Waals surface area contributed by atoms with Gasteiger partial charge in [-0.05, 0) is 52.9 Å². The van der Waals surface area contributed by atoms with E-state index in [0.29, 0.717) is 18.0 Å². The quantitative estimate of drug-likeness (QED) is 0.423. The van der Waals surface area contributed by atoms with Crippen molar-refractivity contribution < 1.29 is 14.6 Å². The Bertz CT molecular complexity index is 1000. The summed E-state index contributed by atoms with van der Waals surface area (Å²) in [7, 11) is 4.02. The molecule has 9 nitrogen and oxygen atoms in total. The maximum absolute atomic E-state index is 10.1. The first kappa shape index (κ1) is 25.3. The lowest BCUT2D eigenvalue weighted by atomic mass is 9.79. The normalized spacial score (nSPS) is 28.6. The zero-order valence-corrected chi connectivity index (χ0v) is 22.1. The summed E-state index contributed by atoms with van der Waals surface area (Å²) in [5.74, 6) is 2.82. The van der Waals surface area contributed by atoms with Crippen molar-refractivity contribution in [3.05, 3.63) is 41.2 Å². The average molecular weight is 499 g/mol. The highest BCUT2D eigenvalue weighted by Gasteiger charge is 2.48. The zero-order chi connectivity index (χ0) is 25.3. The van der Waals surface area contributed by atoms with Crippen molar-refractivity contribution in [3.8, 4) is 5.75 Å². The van der Waals surface area contributed by atoms with Crippen LogP contribution < -0.4 is 20.7 Å². The lowest BCUT2D eigenvalue weighted by Crippen LogP contribution is -2.56. The molecule has 0 amide bonds. The van der Waals surface area contributed by atoms with Gasteiger partial charge in [0.1, 0.15) is 30.1 Å². The molecule has 3 atom stereocenters. The minimum absolute atomic E-state index is 0.237. The monoisotopic (exact) mass is 498 g/mol. The van der Waals surface area contributed by atoms with E-state index in [0.717, 1.165) is 61.3 Å². The van der Waals surface area contributed by atoms with Gasteiger partial charge in [-0.25, -0.2) is 4.99 Å². The summed E-state index contributed by atoms with van der Waals surface area (Å²) in [5.41, 5.74) is 1.92. The molecule has 0 aromatic heterocycles. The third-order valence-corrected chi connectivity index (χ3v) is 7.91. The molecule has 0 aliphatic carbocycles. The van der Waals surface area contributed by atoms with E-state index in [-0.39, 0.29) is 6.61 Å². The molecule has 4 heterocycles. The first-order valence-electron chi connectivity index (χ1n) is 13.2. The molecule has 4 aliphatic rings. The molecular weight excluding hydrogens is 456 g/mol. The molecule has 4 aliphatic heterocycles. The van der Waals surface area contributed by atoms with Gasteiger partial charge in [-0.15, -0.1) is 0 Å². The highest BCUT2D eigenvalue weighted by Crippen LogP contribution is 2.40. The summed E-state index contributed by atoms with van der Waals surface area (Å²) >= 11 is 0. The van der Waals surface area contributed by atoms with E-state index in [1.54, 1.807) is 0 Å². The summed E-state index contributed by atoms with van der Waals surface area (Å²) < 4.78 is 11.5. The van der Waals surface area contributed by atoms with E-state index in [4.69, 9.17) is 14.5 Å². The number of nitrogens with one attached hydrogen (secondary N) is 3. The maximum Gasteiger partial charge on any atom is 0.156 e. The van der Waals surface area contributed by atoms with Gasteiger partial charge in [0.05, 0.1) is 12.6 Å². The third kappa shape index (κ3) is 5.20. The van der Waals surface area contributed by atoms with E-state index >= 15 is 0 Å². The zero-order valence-electron chi connectivity index (χ0n) is 22.1. The van der Waals surface area contributed by atoms with Crippen LogP contribution in [0.15, 0.2) is 40.7 Å². The van der Waals surface area contributed by atoms with Crippen LogP contribution in [0.1, 0.15) is 32.3 Å². The van der Waals surface area contributed by atoms with Crippen LogP contribution in [0.2, 0.25) is 0 Å². The molecule has 3 fully saturated rings. The summed E-state index contributed by atoms with van der Waals surface area (Å²) in [6.07, 6.45) is 1.65. The topological polar surface area (TPSA) is 93.6 Å². The number of likely N-dealkylation sites (tertiary alicyclic amines) is 2. The Morgan fingerprint density at radius 1 is 1.33 bits per heavy atom. The van der Waals surface area contributed by atoms with E-state index in [9.17, 15) is 5.11 Å². The number of hydrogen-bond donors (Lipinski definition) is 4. The average Bonchev–Trinajstić information content (AvgIpc) is 3.51. The summed E-state index contributed by atoms with van der Waals surface area (Å²) in [6.45, 7) is 11.0. The van der Waals surface area contributed by atoms with E-state index in [2.05, 4.69) is 52.7 Å². The number of amidine groups is 1. The number of hydrogen-bond acceptors (Lipinski definition) is 9. The molecule has 1 aromatic carbocycles. The van der Waals surface area contributed by atoms with Gasteiger partial charge in [0.15, 0.2) is 5.66 Å². The van der Waals surface area contributed by atoms with Crippen molar-refractivity contribution in [2.45, 2.75) is 44.5 Å². The van der Waals surface area contributed by atoms with Crippen LogP contribution in [0.25, 0.3) is 0 Å². The lowest BCUT2D eigenvalue weighted by molar-refractivity contribution is 0.0355. The predicted octanol–water partition coefficient (Wildman–Crippen LogP) is 1.07. The largest absolute Gasteiger partial charge is 0.491 e. The molecule has 3 saturated heterocycles. The molecule has 1 spiro atoms. The molecule has 2 unspecified atom stereocenters. The fourth-order valence-electron chi connectivity index (χ4n) is 6.06. The molecule has 36 heavy (non-hydrogen) atoms. The molecule has 4 N–H and O–H groups in total. The van der Waals surface area contributed by atoms with Crippen LogP contribution in [0, 0.1) is 5.41 Å². The van der Waals surface area contributed by atoms with Gasteiger partial charge >= 0.3 is 0 Å². The predicted molar refractivity (Wildman–Crippen MR) is 141 cm³/mol. The Balaban J connectivity index is 1.41. The Hall–Kier alpha value is -2.33. The van der Waals surface area contributed by atoms with Crippen molar-refractivity contribution >= 4 is 5.84 Å². The van der Waals surface area contributed by atoms with Gasteiger partial charge in [-0.1, -0.05) is 12.1 Å². The standard InChI is InChI=1S/C27H42N6O3/c1-19-24(29-21-8-11-35-14-21)30-26(2,20-6-5-7-23(12-20)36-15-22(34)13-28-3)31-25(19)33-10-9-27(18-33)16-32(4)17-27/h5-7,12,21-22,28-30,34H,8-11,13-18H2,1-4H3/t21-,22?,26?/m1/s1. The smallest absolute Gasteiger partial charge is 0.156 e. The van der Waals surface area contributed by atoms with E-state index < -0.39 is 11.8 Å². The van der Waals surface area contributed by atoms with Crippen molar-refractivity contribution in [2.75, 3.05) is 66.6 Å². The minimum Gasteiger partial charge on any atom is -0.491 e. The highest BCUT2D eigenvalue weighted by molar-refractivity contribution is 5.99. The molecule has 1 aromatic rings. The Kier molecular flexibility index (Phi) is 7.18. The van der Waals surface area contributed by atoms with Crippen molar-refractivity contribution in [3.63, 3.8) is 0 Å². The number of aliphatic hydroxyl groups excluding tert-OH is 1. The molecule has 9 heteroatoms. The summed E-state index contributed by atoms with van der Waals surface area (Å²) in [4.78, 5) is 10.3. The second-order valence-electron chi connectivity index (χ2n) is 11.2. The number of likely N-dealkylation sites (N-methyl/N-ethyl adjacent to an activating group) is 1. The van der Waals surface area contributed by atoms with Crippen molar-refractivity contribution in [1.82, 2.24) is 25.8 Å². The van der Waals surface area contributed by atoms with Gasteiger partial charge < -0.3 is 40.3 Å². The molecule has 198 valence electrons. The molecule has 0 bridgehead atoms. The lowest BCUT2D eigenvalue weighted by Gasteiger charge is -2.46. The van der Waals surface area contributed by atoms with Crippen LogP contribution in [-0.2, 0) is 10.4 Å². The highest BCUT2D eigenvalue weighted by atomic mass is 16.5. The third-order valence-electron chi connectivity index (χ3n) is 7.91. The van der Waals surface area contributed by atoms with Crippen LogP contribution in [0.3, 0.4) is 0 Å². The number of aliphatic imine (C=N–C) groups is 1. The SMILES string of the molecule is CNCC(O)COc1cccc(C2(C)N=C(N3CCC4(CN(C)C4)C3)C(C)=C(N[C@@H]3CCOC3)N2)c1. The van der Waals surface area contributed by atoms with Gasteiger partial charge in [-0.2, -0.15) is 0 Å². The molecular formula is C27H42N6O3. The van der Waals surface area contributed by atoms with E-state index in [1.165, 1.54) is 19.5 Å². The van der Waals surface area contributed by atoms with Crippen LogP contribution in [-0.4, -0.2) is 99.5 Å². The fraction of sp³-hybridized carbons (Fsp3) is 0.667. The second kappa shape index (κ2) is 10.2. The Morgan fingerprint density at radius 2 is 2.17 bits per heavy atom. The van der Waals surface area contributed by atoms with Crippen LogP contribution in [0.5, 0.6) is 5.75 Å². The second-order valence-corrected chi connectivity index (χ2v) is 11.2. The number of nitrogens with zero attached hydrogens (tertiary/aromatic N) is 3.